The van der Waals surface area contributed by atoms with Crippen LogP contribution in [0.4, 0.5) is 0 Å². The maximum atomic E-state index is 11.4. The highest BCUT2D eigenvalue weighted by Gasteiger charge is 2.25. The molecule has 110 valence electrons. The molecule has 1 aliphatic rings. The van der Waals surface area contributed by atoms with Gasteiger partial charge in [-0.25, -0.2) is 0 Å². The second kappa shape index (κ2) is 6.59. The largest absolute Gasteiger partial charge is 0.492 e. The predicted molar refractivity (Wildman–Crippen MR) is 80.9 cm³/mol. The lowest BCUT2D eigenvalue weighted by Crippen LogP contribution is -2.32. The van der Waals surface area contributed by atoms with Gasteiger partial charge in [-0.15, -0.1) is 0 Å². The molecular formula is C15H20BrNO3. The molecule has 1 unspecified atom stereocenters. The SMILES string of the molecule is C[C@@H]1CC(COc2ccc(Br)cc2C(N)=O)C[C@H](C)O1. The van der Waals surface area contributed by atoms with Crippen molar-refractivity contribution in [2.24, 2.45) is 11.7 Å². The number of carbonyl (C=O) groups is 1. The van der Waals surface area contributed by atoms with Gasteiger partial charge in [0.2, 0.25) is 0 Å². The molecule has 1 saturated heterocycles. The Labute approximate surface area is 127 Å². The molecule has 3 atom stereocenters. The molecule has 2 rings (SSSR count). The van der Waals surface area contributed by atoms with Crippen molar-refractivity contribution in [3.05, 3.63) is 28.2 Å². The molecule has 0 spiro atoms. The van der Waals surface area contributed by atoms with Crippen LogP contribution in [-0.2, 0) is 4.74 Å². The Morgan fingerprint density at radius 1 is 1.40 bits per heavy atom. The molecule has 1 aliphatic heterocycles. The molecule has 1 amide bonds. The van der Waals surface area contributed by atoms with Crippen LogP contribution >= 0.6 is 15.9 Å². The number of halogens is 1. The normalized spacial score (nSPS) is 26.2. The van der Waals surface area contributed by atoms with Gasteiger partial charge in [0.15, 0.2) is 0 Å². The molecule has 0 radical (unpaired) electrons. The fourth-order valence-electron chi connectivity index (χ4n) is 2.71. The average Bonchev–Trinajstić information content (AvgIpc) is 2.36. The summed E-state index contributed by atoms with van der Waals surface area (Å²) in [5, 5.41) is 0. The summed E-state index contributed by atoms with van der Waals surface area (Å²) in [6.07, 6.45) is 2.47. The van der Waals surface area contributed by atoms with Crippen LogP contribution in [0.1, 0.15) is 37.0 Å². The number of ether oxygens (including phenoxy) is 2. The number of hydrogen-bond donors (Lipinski definition) is 1. The van der Waals surface area contributed by atoms with Gasteiger partial charge in [-0.3, -0.25) is 4.79 Å². The van der Waals surface area contributed by atoms with Crippen LogP contribution in [0.15, 0.2) is 22.7 Å². The Kier molecular flexibility index (Phi) is 5.05. The fourth-order valence-corrected chi connectivity index (χ4v) is 3.07. The molecule has 1 aromatic carbocycles. The van der Waals surface area contributed by atoms with Gasteiger partial charge in [0.1, 0.15) is 5.75 Å². The quantitative estimate of drug-likeness (QED) is 0.914. The van der Waals surface area contributed by atoms with Crippen molar-refractivity contribution in [1.29, 1.82) is 0 Å². The number of rotatable bonds is 4. The van der Waals surface area contributed by atoms with Crippen LogP contribution in [0.25, 0.3) is 0 Å². The summed E-state index contributed by atoms with van der Waals surface area (Å²) in [6.45, 7) is 4.74. The maximum absolute atomic E-state index is 11.4. The highest BCUT2D eigenvalue weighted by molar-refractivity contribution is 9.10. The molecular weight excluding hydrogens is 322 g/mol. The van der Waals surface area contributed by atoms with Crippen molar-refractivity contribution in [2.45, 2.75) is 38.9 Å². The lowest BCUT2D eigenvalue weighted by atomic mass is 9.93. The van der Waals surface area contributed by atoms with Gasteiger partial charge in [-0.1, -0.05) is 15.9 Å². The number of carbonyl (C=O) groups excluding carboxylic acids is 1. The van der Waals surface area contributed by atoms with E-state index in [0.29, 0.717) is 23.8 Å². The van der Waals surface area contributed by atoms with Gasteiger partial charge in [0.25, 0.3) is 5.91 Å². The molecule has 1 aromatic rings. The summed E-state index contributed by atoms with van der Waals surface area (Å²) in [6, 6.07) is 5.31. The van der Waals surface area contributed by atoms with Crippen LogP contribution in [0.2, 0.25) is 0 Å². The molecule has 0 bridgehead atoms. The van der Waals surface area contributed by atoms with Crippen LogP contribution in [0.5, 0.6) is 5.75 Å². The van der Waals surface area contributed by atoms with E-state index in [9.17, 15) is 4.79 Å². The fraction of sp³-hybridized carbons (Fsp3) is 0.533. The second-order valence-electron chi connectivity index (χ2n) is 5.41. The zero-order valence-electron chi connectivity index (χ0n) is 11.8. The van der Waals surface area contributed by atoms with Crippen molar-refractivity contribution in [3.63, 3.8) is 0 Å². The second-order valence-corrected chi connectivity index (χ2v) is 6.33. The third kappa shape index (κ3) is 3.96. The molecule has 0 aromatic heterocycles. The van der Waals surface area contributed by atoms with Crippen LogP contribution in [-0.4, -0.2) is 24.7 Å². The Bertz CT molecular complexity index is 482. The first-order chi connectivity index (χ1) is 9.45. The van der Waals surface area contributed by atoms with E-state index in [-0.39, 0.29) is 12.2 Å². The molecule has 2 N–H and O–H groups in total. The van der Waals surface area contributed by atoms with E-state index < -0.39 is 5.91 Å². The Morgan fingerprint density at radius 2 is 2.05 bits per heavy atom. The van der Waals surface area contributed by atoms with E-state index in [1.807, 2.05) is 6.07 Å². The first kappa shape index (κ1) is 15.3. The summed E-state index contributed by atoms with van der Waals surface area (Å²) in [4.78, 5) is 11.4. The lowest BCUT2D eigenvalue weighted by molar-refractivity contribution is -0.0593. The molecule has 20 heavy (non-hydrogen) atoms. The molecule has 5 heteroatoms. The van der Waals surface area contributed by atoms with E-state index in [1.165, 1.54) is 0 Å². The van der Waals surface area contributed by atoms with Gasteiger partial charge >= 0.3 is 0 Å². The van der Waals surface area contributed by atoms with Crippen molar-refractivity contribution >= 4 is 21.8 Å². The van der Waals surface area contributed by atoms with E-state index in [4.69, 9.17) is 15.2 Å². The zero-order valence-corrected chi connectivity index (χ0v) is 13.4. The average molecular weight is 342 g/mol. The lowest BCUT2D eigenvalue weighted by Gasteiger charge is -2.32. The Balaban J connectivity index is 2.02. The van der Waals surface area contributed by atoms with Gasteiger partial charge < -0.3 is 15.2 Å². The van der Waals surface area contributed by atoms with Crippen LogP contribution in [0, 0.1) is 5.92 Å². The number of amides is 1. The highest BCUT2D eigenvalue weighted by atomic mass is 79.9. The van der Waals surface area contributed by atoms with Crippen LogP contribution < -0.4 is 10.5 Å². The topological polar surface area (TPSA) is 61.5 Å². The van der Waals surface area contributed by atoms with E-state index in [1.54, 1.807) is 12.1 Å². The number of benzene rings is 1. The monoisotopic (exact) mass is 341 g/mol. The van der Waals surface area contributed by atoms with Gasteiger partial charge in [0, 0.05) is 4.47 Å². The Morgan fingerprint density at radius 3 is 2.65 bits per heavy atom. The smallest absolute Gasteiger partial charge is 0.252 e. The minimum absolute atomic E-state index is 0.257. The third-order valence-corrected chi connectivity index (χ3v) is 3.97. The minimum Gasteiger partial charge on any atom is -0.492 e. The first-order valence-corrected chi connectivity index (χ1v) is 7.62. The molecule has 1 heterocycles. The van der Waals surface area contributed by atoms with E-state index >= 15 is 0 Å². The summed E-state index contributed by atoms with van der Waals surface area (Å²) in [7, 11) is 0. The summed E-state index contributed by atoms with van der Waals surface area (Å²) in [5.74, 6) is 0.514. The zero-order chi connectivity index (χ0) is 14.7. The minimum atomic E-state index is -0.477. The van der Waals surface area contributed by atoms with Gasteiger partial charge in [0.05, 0.1) is 24.4 Å². The van der Waals surface area contributed by atoms with E-state index in [2.05, 4.69) is 29.8 Å². The van der Waals surface area contributed by atoms with Crippen molar-refractivity contribution in [3.8, 4) is 5.75 Å². The molecule has 0 saturated carbocycles. The van der Waals surface area contributed by atoms with Crippen LogP contribution in [0.3, 0.4) is 0 Å². The maximum Gasteiger partial charge on any atom is 0.252 e. The number of nitrogens with two attached hydrogens (primary N) is 1. The van der Waals surface area contributed by atoms with Gasteiger partial charge in [-0.05, 0) is 50.8 Å². The van der Waals surface area contributed by atoms with E-state index in [0.717, 1.165) is 17.3 Å². The number of hydrogen-bond acceptors (Lipinski definition) is 3. The molecule has 4 nitrogen and oxygen atoms in total. The van der Waals surface area contributed by atoms with Crippen molar-refractivity contribution < 1.29 is 14.3 Å². The van der Waals surface area contributed by atoms with Crippen molar-refractivity contribution in [1.82, 2.24) is 0 Å². The third-order valence-electron chi connectivity index (χ3n) is 3.48. The Hall–Kier alpha value is -1.07. The predicted octanol–water partition coefficient (Wildman–Crippen LogP) is 3.13. The summed E-state index contributed by atoms with van der Waals surface area (Å²) < 4.78 is 12.3. The van der Waals surface area contributed by atoms with Gasteiger partial charge in [-0.2, -0.15) is 0 Å². The summed E-state index contributed by atoms with van der Waals surface area (Å²) in [5.41, 5.74) is 5.79. The standard InChI is InChI=1S/C15H20BrNO3/c1-9-5-11(6-10(2)20-9)8-19-14-4-3-12(16)7-13(14)15(17)18/h3-4,7,9-11H,5-6,8H2,1-2H3,(H2,17,18)/t9-,10+,11?. The summed E-state index contributed by atoms with van der Waals surface area (Å²) >= 11 is 3.33. The molecule has 1 fully saturated rings. The van der Waals surface area contributed by atoms with Crippen molar-refractivity contribution in [2.75, 3.05) is 6.61 Å². The molecule has 0 aliphatic carbocycles. The number of primary amides is 1. The first-order valence-electron chi connectivity index (χ1n) is 6.83. The highest BCUT2D eigenvalue weighted by Crippen LogP contribution is 2.27.